The number of benzene rings is 1. The molecule has 114 valence electrons. The Hall–Kier alpha value is -1.06. The van der Waals surface area contributed by atoms with Gasteiger partial charge in [-0.1, -0.05) is 28.9 Å². The van der Waals surface area contributed by atoms with Gasteiger partial charge in [-0.3, -0.25) is 0 Å². The molecule has 0 aliphatic rings. The van der Waals surface area contributed by atoms with E-state index >= 15 is 0 Å². The molecule has 0 aliphatic carbocycles. The molecule has 0 radical (unpaired) electrons. The minimum absolute atomic E-state index is 0.189. The van der Waals surface area contributed by atoms with Crippen LogP contribution in [0.1, 0.15) is 53.2 Å². The number of halogens is 1. The lowest BCUT2D eigenvalue weighted by Crippen LogP contribution is -2.24. The van der Waals surface area contributed by atoms with Crippen molar-refractivity contribution in [1.82, 2.24) is 5.32 Å². The number of hydrogen-bond donors (Lipinski definition) is 1. The SMILES string of the molecule is CCCNC(c1cc(C)c(Br)cc1C)c1cc(C)oc1C. The lowest BCUT2D eigenvalue weighted by atomic mass is 9.93. The van der Waals surface area contributed by atoms with Gasteiger partial charge in [0.15, 0.2) is 0 Å². The first-order valence-corrected chi connectivity index (χ1v) is 8.30. The van der Waals surface area contributed by atoms with Gasteiger partial charge in [-0.05, 0) is 69.5 Å². The van der Waals surface area contributed by atoms with Crippen molar-refractivity contribution >= 4 is 15.9 Å². The van der Waals surface area contributed by atoms with Crippen molar-refractivity contribution in [2.75, 3.05) is 6.54 Å². The third kappa shape index (κ3) is 3.58. The lowest BCUT2D eigenvalue weighted by Gasteiger charge is -2.22. The minimum atomic E-state index is 0.189. The normalized spacial score (nSPS) is 12.7. The molecule has 0 spiro atoms. The van der Waals surface area contributed by atoms with Crippen LogP contribution in [0.2, 0.25) is 0 Å². The first kappa shape index (κ1) is 16.3. The van der Waals surface area contributed by atoms with Crippen LogP contribution in [0.25, 0.3) is 0 Å². The van der Waals surface area contributed by atoms with Crippen molar-refractivity contribution < 1.29 is 4.42 Å². The summed E-state index contributed by atoms with van der Waals surface area (Å²) in [4.78, 5) is 0. The lowest BCUT2D eigenvalue weighted by molar-refractivity contribution is 0.493. The summed E-state index contributed by atoms with van der Waals surface area (Å²) in [6, 6.07) is 6.82. The predicted octanol–water partition coefficient (Wildman–Crippen LogP) is 5.36. The molecule has 1 N–H and O–H groups in total. The molecule has 0 amide bonds. The summed E-state index contributed by atoms with van der Waals surface area (Å²) in [7, 11) is 0. The van der Waals surface area contributed by atoms with Gasteiger partial charge in [-0.15, -0.1) is 0 Å². The third-order valence-corrected chi connectivity index (χ3v) is 4.70. The Labute approximate surface area is 136 Å². The van der Waals surface area contributed by atoms with E-state index in [1.807, 2.05) is 13.8 Å². The second kappa shape index (κ2) is 6.80. The highest BCUT2D eigenvalue weighted by atomic mass is 79.9. The van der Waals surface area contributed by atoms with Crippen molar-refractivity contribution in [1.29, 1.82) is 0 Å². The van der Waals surface area contributed by atoms with Crippen molar-refractivity contribution in [2.45, 2.75) is 47.1 Å². The zero-order valence-corrected chi connectivity index (χ0v) is 15.1. The molecule has 1 heterocycles. The molecule has 0 aliphatic heterocycles. The van der Waals surface area contributed by atoms with Gasteiger partial charge in [-0.25, -0.2) is 0 Å². The van der Waals surface area contributed by atoms with Gasteiger partial charge < -0.3 is 9.73 Å². The Morgan fingerprint density at radius 3 is 2.33 bits per heavy atom. The first-order valence-electron chi connectivity index (χ1n) is 7.51. The van der Waals surface area contributed by atoms with Crippen LogP contribution in [0.4, 0.5) is 0 Å². The zero-order valence-electron chi connectivity index (χ0n) is 13.5. The molecular formula is C18H24BrNO. The molecule has 2 nitrogen and oxygen atoms in total. The third-order valence-electron chi connectivity index (χ3n) is 3.85. The van der Waals surface area contributed by atoms with Crippen molar-refractivity contribution in [3.63, 3.8) is 0 Å². The average molecular weight is 350 g/mol. The topological polar surface area (TPSA) is 25.2 Å². The molecule has 2 aromatic rings. The molecule has 3 heteroatoms. The van der Waals surface area contributed by atoms with Crippen LogP contribution in [0.3, 0.4) is 0 Å². The summed E-state index contributed by atoms with van der Waals surface area (Å²) in [6.07, 6.45) is 1.11. The van der Waals surface area contributed by atoms with Crippen molar-refractivity contribution in [3.8, 4) is 0 Å². The van der Waals surface area contributed by atoms with Gasteiger partial charge in [0, 0.05) is 10.0 Å². The smallest absolute Gasteiger partial charge is 0.106 e. The van der Waals surface area contributed by atoms with Crippen LogP contribution in [-0.4, -0.2) is 6.54 Å². The second-order valence-corrected chi connectivity index (χ2v) is 6.57. The summed E-state index contributed by atoms with van der Waals surface area (Å²) < 4.78 is 6.91. The van der Waals surface area contributed by atoms with Gasteiger partial charge in [0.2, 0.25) is 0 Å². The molecule has 0 saturated carbocycles. The second-order valence-electron chi connectivity index (χ2n) is 5.71. The van der Waals surface area contributed by atoms with E-state index < -0.39 is 0 Å². The minimum Gasteiger partial charge on any atom is -0.466 e. The Balaban J connectivity index is 2.50. The number of hydrogen-bond acceptors (Lipinski definition) is 2. The van der Waals surface area contributed by atoms with Gasteiger partial charge in [0.05, 0.1) is 6.04 Å². The monoisotopic (exact) mass is 349 g/mol. The fraction of sp³-hybridized carbons (Fsp3) is 0.444. The van der Waals surface area contributed by atoms with Gasteiger partial charge in [-0.2, -0.15) is 0 Å². The molecule has 2 rings (SSSR count). The fourth-order valence-corrected chi connectivity index (χ4v) is 3.19. The van der Waals surface area contributed by atoms with Crippen LogP contribution in [-0.2, 0) is 0 Å². The van der Waals surface area contributed by atoms with Crippen LogP contribution < -0.4 is 5.32 Å². The average Bonchev–Trinajstić information content (AvgIpc) is 2.75. The maximum absolute atomic E-state index is 5.74. The zero-order chi connectivity index (χ0) is 15.6. The molecule has 0 fully saturated rings. The molecule has 21 heavy (non-hydrogen) atoms. The highest BCUT2D eigenvalue weighted by Gasteiger charge is 2.21. The van der Waals surface area contributed by atoms with Crippen LogP contribution in [0.15, 0.2) is 27.1 Å². The Kier molecular flexibility index (Phi) is 5.28. The van der Waals surface area contributed by atoms with E-state index in [2.05, 4.69) is 60.2 Å². The summed E-state index contributed by atoms with van der Waals surface area (Å²) >= 11 is 3.62. The predicted molar refractivity (Wildman–Crippen MR) is 91.9 cm³/mol. The molecule has 1 unspecified atom stereocenters. The molecule has 0 bridgehead atoms. The van der Waals surface area contributed by atoms with E-state index in [9.17, 15) is 0 Å². The van der Waals surface area contributed by atoms with Crippen LogP contribution in [0.5, 0.6) is 0 Å². The van der Waals surface area contributed by atoms with E-state index in [1.165, 1.54) is 22.3 Å². The first-order chi connectivity index (χ1) is 9.93. The van der Waals surface area contributed by atoms with Gasteiger partial charge in [0.25, 0.3) is 0 Å². The molecule has 1 aromatic carbocycles. The van der Waals surface area contributed by atoms with E-state index in [-0.39, 0.29) is 6.04 Å². The maximum Gasteiger partial charge on any atom is 0.106 e. The van der Waals surface area contributed by atoms with E-state index in [4.69, 9.17) is 4.42 Å². The molecule has 1 aromatic heterocycles. The van der Waals surface area contributed by atoms with E-state index in [0.717, 1.165) is 29.0 Å². The van der Waals surface area contributed by atoms with Crippen molar-refractivity contribution in [3.05, 3.63) is 56.4 Å². The summed E-state index contributed by atoms with van der Waals surface area (Å²) in [5.41, 5.74) is 5.12. The summed E-state index contributed by atoms with van der Waals surface area (Å²) in [6.45, 7) is 11.5. The highest BCUT2D eigenvalue weighted by Crippen LogP contribution is 2.32. The number of aryl methyl sites for hydroxylation is 4. The standard InChI is InChI=1S/C18H24BrNO/c1-6-7-20-18(16-10-13(4)21-14(16)5)15-8-12(3)17(19)9-11(15)2/h8-10,18,20H,6-7H2,1-5H3. The van der Waals surface area contributed by atoms with Crippen LogP contribution >= 0.6 is 15.9 Å². The maximum atomic E-state index is 5.74. The quantitative estimate of drug-likeness (QED) is 0.785. The summed E-state index contributed by atoms with van der Waals surface area (Å²) in [5.74, 6) is 1.97. The Morgan fingerprint density at radius 2 is 1.76 bits per heavy atom. The molecule has 1 atom stereocenters. The highest BCUT2D eigenvalue weighted by molar-refractivity contribution is 9.10. The van der Waals surface area contributed by atoms with E-state index in [1.54, 1.807) is 0 Å². The Bertz CT molecular complexity index is 630. The Morgan fingerprint density at radius 1 is 1.05 bits per heavy atom. The van der Waals surface area contributed by atoms with Crippen molar-refractivity contribution in [2.24, 2.45) is 0 Å². The van der Waals surface area contributed by atoms with E-state index in [0.29, 0.717) is 0 Å². The largest absolute Gasteiger partial charge is 0.466 e. The molecular weight excluding hydrogens is 326 g/mol. The number of furan rings is 1. The molecule has 0 saturated heterocycles. The number of nitrogens with one attached hydrogen (secondary N) is 1. The van der Waals surface area contributed by atoms with Crippen LogP contribution in [0, 0.1) is 27.7 Å². The fourth-order valence-electron chi connectivity index (χ4n) is 2.73. The summed E-state index contributed by atoms with van der Waals surface area (Å²) in [5, 5.41) is 3.67. The van der Waals surface area contributed by atoms with Gasteiger partial charge >= 0.3 is 0 Å². The number of rotatable bonds is 5. The van der Waals surface area contributed by atoms with Gasteiger partial charge in [0.1, 0.15) is 11.5 Å².